The summed E-state index contributed by atoms with van der Waals surface area (Å²) in [6, 6.07) is 1.76. The van der Waals surface area contributed by atoms with Crippen LogP contribution in [0, 0.1) is 11.3 Å². The summed E-state index contributed by atoms with van der Waals surface area (Å²) in [5.41, 5.74) is 0. The molecule has 0 bridgehead atoms. The van der Waals surface area contributed by atoms with Crippen LogP contribution in [0.2, 0.25) is 0 Å². The molecule has 0 spiro atoms. The molecule has 1 amide bonds. The molecule has 0 heterocycles. The minimum absolute atomic E-state index is 0.0227. The lowest BCUT2D eigenvalue weighted by molar-refractivity contribution is 0.231. The van der Waals surface area contributed by atoms with E-state index in [4.69, 9.17) is 5.26 Å². The fourth-order valence-electron chi connectivity index (χ4n) is 0.701. The Morgan fingerprint density at radius 3 is 2.75 bits per heavy atom. The van der Waals surface area contributed by atoms with Crippen molar-refractivity contribution in [2.24, 2.45) is 0 Å². The van der Waals surface area contributed by atoms with Crippen molar-refractivity contribution >= 4 is 17.0 Å². The maximum atomic E-state index is 11.0. The molecule has 0 radical (unpaired) electrons. The summed E-state index contributed by atoms with van der Waals surface area (Å²) in [4.78, 5) is 12.6. The smallest absolute Gasteiger partial charge is 0.281 e. The first-order valence-corrected chi connectivity index (χ1v) is 4.74. The van der Waals surface area contributed by atoms with Crippen LogP contribution < -0.4 is 5.32 Å². The van der Waals surface area contributed by atoms with E-state index in [9.17, 15) is 4.79 Å². The molecule has 4 nitrogen and oxygen atoms in total. The molecule has 5 heteroatoms. The minimum atomic E-state index is -0.286. The third-order valence-corrected chi connectivity index (χ3v) is 2.11. The molecule has 0 aliphatic heterocycles. The molecule has 0 aromatic carbocycles. The molecule has 0 aromatic rings. The summed E-state index contributed by atoms with van der Waals surface area (Å²) in [5.74, 6) is 0. The topological polar surface area (TPSA) is 56.1 Å². The molecule has 0 saturated carbocycles. The maximum absolute atomic E-state index is 11.0. The van der Waals surface area contributed by atoms with Crippen LogP contribution in [0.15, 0.2) is 0 Å². The first-order chi connectivity index (χ1) is 5.65. The molecule has 68 valence electrons. The molecule has 12 heavy (non-hydrogen) atoms. The van der Waals surface area contributed by atoms with Gasteiger partial charge in [-0.15, -0.1) is 0 Å². The van der Waals surface area contributed by atoms with E-state index in [1.165, 1.54) is 4.90 Å². The van der Waals surface area contributed by atoms with Gasteiger partial charge in [0, 0.05) is 13.6 Å². The summed E-state index contributed by atoms with van der Waals surface area (Å²) >= 11 is 1.15. The van der Waals surface area contributed by atoms with Crippen molar-refractivity contribution in [3.05, 3.63) is 0 Å². The second kappa shape index (κ2) is 5.86. The SMILES string of the molecule is CNC(C#N)CN(C)C(=O)SC. The van der Waals surface area contributed by atoms with Gasteiger partial charge in [-0.25, -0.2) is 0 Å². The molecule has 0 fully saturated rings. The summed E-state index contributed by atoms with van der Waals surface area (Å²) in [6.45, 7) is 0.423. The molecule has 0 saturated heterocycles. The third kappa shape index (κ3) is 3.60. The van der Waals surface area contributed by atoms with Gasteiger partial charge in [0.15, 0.2) is 0 Å². The zero-order valence-electron chi connectivity index (χ0n) is 7.50. The third-order valence-electron chi connectivity index (χ3n) is 1.45. The normalized spacial score (nSPS) is 11.8. The maximum Gasteiger partial charge on any atom is 0.281 e. The fourth-order valence-corrected chi connectivity index (χ4v) is 1.09. The fraction of sp³-hybridized carbons (Fsp3) is 0.714. The molecule has 1 unspecified atom stereocenters. The van der Waals surface area contributed by atoms with Gasteiger partial charge in [0.1, 0.15) is 6.04 Å². The van der Waals surface area contributed by atoms with E-state index in [0.29, 0.717) is 6.54 Å². The van der Waals surface area contributed by atoms with Gasteiger partial charge in [0.25, 0.3) is 5.24 Å². The van der Waals surface area contributed by atoms with E-state index < -0.39 is 0 Å². The van der Waals surface area contributed by atoms with Crippen LogP contribution in [0.25, 0.3) is 0 Å². The largest absolute Gasteiger partial charge is 0.334 e. The Balaban J connectivity index is 3.91. The van der Waals surface area contributed by atoms with Crippen molar-refractivity contribution in [3.63, 3.8) is 0 Å². The summed E-state index contributed by atoms with van der Waals surface area (Å²) in [6.07, 6.45) is 1.72. The highest BCUT2D eigenvalue weighted by Crippen LogP contribution is 2.02. The number of hydrogen-bond acceptors (Lipinski definition) is 4. The number of amides is 1. The van der Waals surface area contributed by atoms with Gasteiger partial charge in [-0.1, -0.05) is 11.8 Å². The van der Waals surface area contributed by atoms with Crippen LogP contribution >= 0.6 is 11.8 Å². The van der Waals surface area contributed by atoms with Crippen LogP contribution in [-0.4, -0.2) is 43.1 Å². The van der Waals surface area contributed by atoms with E-state index in [-0.39, 0.29) is 11.3 Å². The van der Waals surface area contributed by atoms with E-state index in [2.05, 4.69) is 5.32 Å². The number of likely N-dealkylation sites (N-methyl/N-ethyl adjacent to an activating group) is 2. The van der Waals surface area contributed by atoms with Gasteiger partial charge in [-0.2, -0.15) is 5.26 Å². The monoisotopic (exact) mass is 187 g/mol. The Labute approximate surface area is 76.9 Å². The van der Waals surface area contributed by atoms with Crippen molar-refractivity contribution in [2.45, 2.75) is 6.04 Å². The second-order valence-corrected chi connectivity index (χ2v) is 3.08. The summed E-state index contributed by atoms with van der Waals surface area (Å²) < 4.78 is 0. The lowest BCUT2D eigenvalue weighted by Gasteiger charge is -2.18. The van der Waals surface area contributed by atoms with Crippen LogP contribution in [-0.2, 0) is 0 Å². The standard InChI is InChI=1S/C7H13N3OS/c1-9-6(4-8)5-10(2)7(11)12-3/h6,9H,5H2,1-3H3. The second-order valence-electron chi connectivity index (χ2n) is 2.32. The van der Waals surface area contributed by atoms with Crippen LogP contribution in [0.1, 0.15) is 0 Å². The molecular weight excluding hydrogens is 174 g/mol. The van der Waals surface area contributed by atoms with Crippen molar-refractivity contribution in [2.75, 3.05) is 26.9 Å². The van der Waals surface area contributed by atoms with Crippen molar-refractivity contribution < 1.29 is 4.79 Å². The quantitative estimate of drug-likeness (QED) is 0.699. The Bertz CT molecular complexity index is 190. The van der Waals surface area contributed by atoms with E-state index in [0.717, 1.165) is 11.8 Å². The number of carbonyl (C=O) groups excluding carboxylic acids is 1. The summed E-state index contributed by atoms with van der Waals surface area (Å²) in [7, 11) is 3.38. The zero-order chi connectivity index (χ0) is 9.56. The Morgan fingerprint density at radius 1 is 1.83 bits per heavy atom. The van der Waals surface area contributed by atoms with Gasteiger partial charge in [0.2, 0.25) is 0 Å². The van der Waals surface area contributed by atoms with Crippen molar-refractivity contribution in [1.82, 2.24) is 10.2 Å². The first-order valence-electron chi connectivity index (χ1n) is 3.51. The van der Waals surface area contributed by atoms with E-state index in [1.807, 2.05) is 6.07 Å². The molecule has 1 atom stereocenters. The Hall–Kier alpha value is -0.730. The van der Waals surface area contributed by atoms with Crippen molar-refractivity contribution in [1.29, 1.82) is 5.26 Å². The average Bonchev–Trinajstić information content (AvgIpc) is 2.12. The number of thioether (sulfide) groups is 1. The highest BCUT2D eigenvalue weighted by atomic mass is 32.2. The number of rotatable bonds is 3. The lowest BCUT2D eigenvalue weighted by atomic mass is 10.3. The number of carbonyl (C=O) groups is 1. The Morgan fingerprint density at radius 2 is 2.42 bits per heavy atom. The molecule has 1 N–H and O–H groups in total. The Kier molecular flexibility index (Phi) is 5.51. The minimum Gasteiger partial charge on any atom is -0.334 e. The molecule has 0 aromatic heterocycles. The lowest BCUT2D eigenvalue weighted by Crippen LogP contribution is -2.38. The first kappa shape index (κ1) is 11.3. The van der Waals surface area contributed by atoms with E-state index >= 15 is 0 Å². The number of nitrogens with one attached hydrogen (secondary N) is 1. The predicted molar refractivity (Wildman–Crippen MR) is 50.0 cm³/mol. The van der Waals surface area contributed by atoms with Gasteiger partial charge >= 0.3 is 0 Å². The van der Waals surface area contributed by atoms with Gasteiger partial charge in [-0.3, -0.25) is 4.79 Å². The number of nitriles is 1. The van der Waals surface area contributed by atoms with Gasteiger partial charge in [0.05, 0.1) is 6.07 Å². The molecular formula is C7H13N3OS. The number of hydrogen-bond donors (Lipinski definition) is 1. The highest BCUT2D eigenvalue weighted by Gasteiger charge is 2.11. The van der Waals surface area contributed by atoms with Crippen molar-refractivity contribution in [3.8, 4) is 6.07 Å². The average molecular weight is 187 g/mol. The van der Waals surface area contributed by atoms with Crippen LogP contribution in [0.4, 0.5) is 4.79 Å². The van der Waals surface area contributed by atoms with Gasteiger partial charge < -0.3 is 10.2 Å². The molecule has 0 rings (SSSR count). The molecule has 0 aliphatic rings. The molecule has 0 aliphatic carbocycles. The highest BCUT2D eigenvalue weighted by molar-refractivity contribution is 8.12. The van der Waals surface area contributed by atoms with E-state index in [1.54, 1.807) is 20.4 Å². The van der Waals surface area contributed by atoms with Crippen LogP contribution in [0.5, 0.6) is 0 Å². The number of nitrogens with zero attached hydrogens (tertiary/aromatic N) is 2. The van der Waals surface area contributed by atoms with Crippen LogP contribution in [0.3, 0.4) is 0 Å². The van der Waals surface area contributed by atoms with Gasteiger partial charge in [-0.05, 0) is 13.3 Å². The summed E-state index contributed by atoms with van der Waals surface area (Å²) in [5, 5.41) is 11.3. The zero-order valence-corrected chi connectivity index (χ0v) is 8.31. The predicted octanol–water partition coefficient (Wildman–Crippen LogP) is 0.513.